The van der Waals surface area contributed by atoms with Crippen LogP contribution in [0.3, 0.4) is 0 Å². The van der Waals surface area contributed by atoms with Gasteiger partial charge in [-0.1, -0.05) is 0 Å². The number of nitrogens with zero attached hydrogens (tertiary/aromatic N) is 1. The van der Waals surface area contributed by atoms with Gasteiger partial charge in [0.1, 0.15) is 23.1 Å². The van der Waals surface area contributed by atoms with Crippen LogP contribution in [0.4, 0.5) is 10.1 Å². The highest BCUT2D eigenvalue weighted by Crippen LogP contribution is 2.30. The van der Waals surface area contributed by atoms with E-state index in [0.717, 1.165) is 16.6 Å². The zero-order valence-electron chi connectivity index (χ0n) is 17.9. The summed E-state index contributed by atoms with van der Waals surface area (Å²) in [7, 11) is 4.62. The second kappa shape index (κ2) is 9.07. The molecule has 0 fully saturated rings. The number of amides is 1. The maximum Gasteiger partial charge on any atom is 0.259 e. The highest BCUT2D eigenvalue weighted by atomic mass is 19.1. The van der Waals surface area contributed by atoms with Crippen molar-refractivity contribution < 1.29 is 23.4 Å². The van der Waals surface area contributed by atoms with Crippen LogP contribution in [-0.4, -0.2) is 37.2 Å². The molecule has 4 aromatic rings. The van der Waals surface area contributed by atoms with Crippen LogP contribution >= 0.6 is 0 Å². The minimum atomic E-state index is -0.349. The second-order valence-corrected chi connectivity index (χ2v) is 7.08. The largest absolute Gasteiger partial charge is 0.496 e. The van der Waals surface area contributed by atoms with Gasteiger partial charge in [0.2, 0.25) is 0 Å². The molecule has 0 atom stereocenters. The number of aromatic nitrogens is 2. The number of fused-ring (bicyclic) bond motifs is 1. The molecule has 8 heteroatoms. The molecule has 7 nitrogen and oxygen atoms in total. The number of ether oxygens (including phenoxy) is 3. The number of methoxy groups -OCH3 is 3. The van der Waals surface area contributed by atoms with Crippen molar-refractivity contribution in [1.29, 1.82) is 0 Å². The van der Waals surface area contributed by atoms with Crippen molar-refractivity contribution >= 4 is 22.6 Å². The summed E-state index contributed by atoms with van der Waals surface area (Å²) in [6.45, 7) is 0.327. The van der Waals surface area contributed by atoms with E-state index in [9.17, 15) is 9.18 Å². The predicted octanol–water partition coefficient (Wildman–Crippen LogP) is 4.78. The Hall–Kier alpha value is -3.91. The molecular weight excluding hydrogens is 413 g/mol. The maximum absolute atomic E-state index is 13.2. The van der Waals surface area contributed by atoms with Crippen molar-refractivity contribution in [3.05, 3.63) is 71.5 Å². The Balaban J connectivity index is 1.61. The molecule has 2 N–H and O–H groups in total. The van der Waals surface area contributed by atoms with Gasteiger partial charge in [-0.3, -0.25) is 4.79 Å². The molecule has 0 aliphatic heterocycles. The number of anilines is 1. The highest BCUT2D eigenvalue weighted by molar-refractivity contribution is 6.07. The molecule has 32 heavy (non-hydrogen) atoms. The summed E-state index contributed by atoms with van der Waals surface area (Å²) in [6.07, 6.45) is 0. The third-order valence-corrected chi connectivity index (χ3v) is 5.01. The van der Waals surface area contributed by atoms with Gasteiger partial charge in [0.15, 0.2) is 0 Å². The second-order valence-electron chi connectivity index (χ2n) is 7.08. The molecule has 0 aliphatic rings. The zero-order chi connectivity index (χ0) is 22.7. The Morgan fingerprint density at radius 1 is 1.00 bits per heavy atom. The molecule has 1 amide bonds. The Morgan fingerprint density at radius 2 is 1.75 bits per heavy atom. The number of hydrogen-bond acceptors (Lipinski definition) is 5. The van der Waals surface area contributed by atoms with Crippen molar-refractivity contribution in [2.24, 2.45) is 0 Å². The van der Waals surface area contributed by atoms with E-state index >= 15 is 0 Å². The first-order valence-electron chi connectivity index (χ1n) is 9.83. The smallest absolute Gasteiger partial charge is 0.259 e. The van der Waals surface area contributed by atoms with E-state index in [2.05, 4.69) is 15.3 Å². The SMILES string of the molecule is COCc1cc(OC)c(C(=O)Nc2ccc3[nH]c(-c4ccc(F)cc4)nc3c2)cc1OC. The van der Waals surface area contributed by atoms with Crippen LogP contribution in [0.2, 0.25) is 0 Å². The molecule has 0 radical (unpaired) electrons. The Labute approximate surface area is 184 Å². The monoisotopic (exact) mass is 435 g/mol. The number of carbonyl (C=O) groups excluding carboxylic acids is 1. The van der Waals surface area contributed by atoms with Gasteiger partial charge in [-0.2, -0.15) is 0 Å². The van der Waals surface area contributed by atoms with Crippen LogP contribution in [0.1, 0.15) is 15.9 Å². The van der Waals surface area contributed by atoms with Gasteiger partial charge in [-0.15, -0.1) is 0 Å². The van der Waals surface area contributed by atoms with Crippen LogP contribution in [0.25, 0.3) is 22.4 Å². The van der Waals surface area contributed by atoms with Crippen LogP contribution in [0.5, 0.6) is 11.5 Å². The molecular formula is C24H22FN3O4. The van der Waals surface area contributed by atoms with E-state index in [1.54, 1.807) is 43.5 Å². The summed E-state index contributed by atoms with van der Waals surface area (Å²) in [5.41, 5.74) is 3.91. The number of halogens is 1. The molecule has 0 aliphatic carbocycles. The van der Waals surface area contributed by atoms with Crippen molar-refractivity contribution in [1.82, 2.24) is 9.97 Å². The fourth-order valence-electron chi connectivity index (χ4n) is 3.43. The lowest BCUT2D eigenvalue weighted by atomic mass is 10.1. The lowest BCUT2D eigenvalue weighted by molar-refractivity contribution is 0.102. The molecule has 0 spiro atoms. The fourth-order valence-corrected chi connectivity index (χ4v) is 3.43. The van der Waals surface area contributed by atoms with Crippen molar-refractivity contribution in [3.8, 4) is 22.9 Å². The topological polar surface area (TPSA) is 85.5 Å². The van der Waals surface area contributed by atoms with E-state index in [1.807, 2.05) is 6.07 Å². The standard InChI is InChI=1S/C24H22FN3O4/c1-30-13-15-10-22(32-3)18(12-21(15)31-2)24(29)26-17-8-9-19-20(11-17)28-23(27-19)14-4-6-16(25)7-5-14/h4-12H,13H2,1-3H3,(H,26,29)(H,27,28). The van der Waals surface area contributed by atoms with Crippen LogP contribution in [-0.2, 0) is 11.3 Å². The van der Waals surface area contributed by atoms with Crippen molar-refractivity contribution in [2.45, 2.75) is 6.61 Å². The average Bonchev–Trinajstić information content (AvgIpc) is 3.22. The predicted molar refractivity (Wildman–Crippen MR) is 120 cm³/mol. The third kappa shape index (κ3) is 4.26. The summed E-state index contributed by atoms with van der Waals surface area (Å²) < 4.78 is 29.2. The molecule has 1 heterocycles. The van der Waals surface area contributed by atoms with Crippen LogP contribution in [0, 0.1) is 5.82 Å². The van der Waals surface area contributed by atoms with E-state index in [1.165, 1.54) is 26.4 Å². The van der Waals surface area contributed by atoms with Gasteiger partial charge in [0, 0.05) is 23.9 Å². The first kappa shape index (κ1) is 21.3. The number of imidazole rings is 1. The first-order valence-corrected chi connectivity index (χ1v) is 9.83. The van der Waals surface area contributed by atoms with Crippen molar-refractivity contribution in [3.63, 3.8) is 0 Å². The van der Waals surface area contributed by atoms with Gasteiger partial charge in [-0.25, -0.2) is 9.37 Å². The first-order chi connectivity index (χ1) is 15.5. The van der Waals surface area contributed by atoms with Gasteiger partial charge in [-0.05, 0) is 54.6 Å². The molecule has 0 saturated heterocycles. The van der Waals surface area contributed by atoms with E-state index in [4.69, 9.17) is 14.2 Å². The van der Waals surface area contributed by atoms with Crippen LogP contribution in [0.15, 0.2) is 54.6 Å². The van der Waals surface area contributed by atoms with E-state index in [-0.39, 0.29) is 11.7 Å². The minimum absolute atomic E-state index is 0.308. The third-order valence-electron chi connectivity index (χ3n) is 5.01. The summed E-state index contributed by atoms with van der Waals surface area (Å²) in [6, 6.07) is 14.8. The average molecular weight is 435 g/mol. The molecule has 3 aromatic carbocycles. The van der Waals surface area contributed by atoms with Gasteiger partial charge in [0.25, 0.3) is 5.91 Å². The van der Waals surface area contributed by atoms with E-state index < -0.39 is 0 Å². The molecule has 1 aromatic heterocycles. The normalized spacial score (nSPS) is 10.9. The summed E-state index contributed by atoms with van der Waals surface area (Å²) >= 11 is 0. The van der Waals surface area contributed by atoms with Crippen LogP contribution < -0.4 is 14.8 Å². The van der Waals surface area contributed by atoms with Gasteiger partial charge >= 0.3 is 0 Å². The number of nitrogens with one attached hydrogen (secondary N) is 2. The van der Waals surface area contributed by atoms with E-state index in [0.29, 0.717) is 40.7 Å². The maximum atomic E-state index is 13.2. The number of benzene rings is 3. The number of aromatic amines is 1. The molecule has 0 saturated carbocycles. The Morgan fingerprint density at radius 3 is 2.44 bits per heavy atom. The summed E-state index contributed by atoms with van der Waals surface area (Å²) in [5.74, 6) is 0.901. The minimum Gasteiger partial charge on any atom is -0.496 e. The summed E-state index contributed by atoms with van der Waals surface area (Å²) in [5, 5.41) is 2.88. The number of rotatable bonds is 7. The zero-order valence-corrected chi connectivity index (χ0v) is 17.9. The highest BCUT2D eigenvalue weighted by Gasteiger charge is 2.18. The lowest BCUT2D eigenvalue weighted by Crippen LogP contribution is -2.14. The number of hydrogen-bond donors (Lipinski definition) is 2. The lowest BCUT2D eigenvalue weighted by Gasteiger charge is -2.14. The molecule has 4 rings (SSSR count). The number of carbonyl (C=O) groups is 1. The Kier molecular flexibility index (Phi) is 6.04. The quantitative estimate of drug-likeness (QED) is 0.436. The molecule has 164 valence electrons. The molecule has 0 bridgehead atoms. The summed E-state index contributed by atoms with van der Waals surface area (Å²) in [4.78, 5) is 20.7. The molecule has 0 unspecified atom stereocenters. The number of H-pyrrole nitrogens is 1. The van der Waals surface area contributed by atoms with Gasteiger partial charge < -0.3 is 24.5 Å². The fraction of sp³-hybridized carbons (Fsp3) is 0.167. The van der Waals surface area contributed by atoms with Gasteiger partial charge in [0.05, 0.1) is 37.4 Å². The van der Waals surface area contributed by atoms with Crippen molar-refractivity contribution in [2.75, 3.05) is 26.6 Å². The Bertz CT molecular complexity index is 1270.